The van der Waals surface area contributed by atoms with Crippen LogP contribution in [0.4, 0.5) is 0 Å². The first kappa shape index (κ1) is 19.1. The molecule has 1 amide bonds. The highest BCUT2D eigenvalue weighted by atomic mass is 32.2. The van der Waals surface area contributed by atoms with E-state index in [4.69, 9.17) is 10.8 Å². The van der Waals surface area contributed by atoms with Gasteiger partial charge in [0, 0.05) is 34.9 Å². The Kier molecular flexibility index (Phi) is 4.32. The van der Waals surface area contributed by atoms with Crippen molar-refractivity contribution in [3.8, 4) is 16.8 Å². The summed E-state index contributed by atoms with van der Waals surface area (Å²) in [5, 5.41) is 4.86. The molecule has 2 fully saturated rings. The van der Waals surface area contributed by atoms with E-state index in [-0.39, 0.29) is 10.5 Å². The van der Waals surface area contributed by atoms with Crippen molar-refractivity contribution in [3.05, 3.63) is 65.5 Å². The Balaban J connectivity index is 1.60. The normalized spacial score (nSPS) is 16.6. The zero-order chi connectivity index (χ0) is 21.0. The van der Waals surface area contributed by atoms with Gasteiger partial charge in [-0.3, -0.25) is 4.79 Å². The quantitative estimate of drug-likeness (QED) is 0.655. The molecule has 0 saturated heterocycles. The van der Waals surface area contributed by atoms with Gasteiger partial charge in [-0.25, -0.2) is 13.1 Å². The number of primary amides is 1. The summed E-state index contributed by atoms with van der Waals surface area (Å²) < 4.78 is 26.7. The van der Waals surface area contributed by atoms with Crippen LogP contribution in [0, 0.1) is 0 Å². The first-order chi connectivity index (χ1) is 14.3. The number of carbonyl (C=O) groups excluding carboxylic acids is 1. The molecule has 0 bridgehead atoms. The van der Waals surface area contributed by atoms with E-state index in [1.807, 2.05) is 28.9 Å². The second-order valence-corrected chi connectivity index (χ2v) is 10.3. The molecule has 0 spiro atoms. The van der Waals surface area contributed by atoms with E-state index in [2.05, 4.69) is 6.07 Å². The molecule has 6 nitrogen and oxygen atoms in total. The van der Waals surface area contributed by atoms with E-state index in [9.17, 15) is 13.2 Å². The van der Waals surface area contributed by atoms with Crippen molar-refractivity contribution in [1.29, 1.82) is 0 Å². The zero-order valence-corrected chi connectivity index (χ0v) is 17.5. The van der Waals surface area contributed by atoms with Crippen LogP contribution in [-0.4, -0.2) is 30.4 Å². The van der Waals surface area contributed by atoms with Gasteiger partial charge in [-0.1, -0.05) is 18.2 Å². The first-order valence-electron chi connectivity index (χ1n) is 10.2. The predicted octanol–water partition coefficient (Wildman–Crippen LogP) is 3.80. The van der Waals surface area contributed by atoms with Gasteiger partial charge in [0.15, 0.2) is 9.84 Å². The molecule has 2 aliphatic carbocycles. The summed E-state index contributed by atoms with van der Waals surface area (Å²) in [4.78, 5) is 12.1. The molecule has 0 atom stereocenters. The maximum absolute atomic E-state index is 12.3. The SMILES string of the molecule is CS(=O)(=O)c1cccc(C(N)=O)c1-c1ccc(-n2nc(C3CC3)cc2C2CC2)cc1. The van der Waals surface area contributed by atoms with Crippen LogP contribution in [0.15, 0.2) is 53.4 Å². The lowest BCUT2D eigenvalue weighted by Crippen LogP contribution is -2.14. The smallest absolute Gasteiger partial charge is 0.249 e. The molecule has 0 radical (unpaired) electrons. The number of sulfone groups is 1. The highest BCUT2D eigenvalue weighted by molar-refractivity contribution is 7.90. The van der Waals surface area contributed by atoms with E-state index in [1.54, 1.807) is 12.1 Å². The van der Waals surface area contributed by atoms with Crippen LogP contribution in [0.2, 0.25) is 0 Å². The summed E-state index contributed by atoms with van der Waals surface area (Å²) in [7, 11) is -3.53. The fourth-order valence-corrected chi connectivity index (χ4v) is 4.91. The van der Waals surface area contributed by atoms with Gasteiger partial charge in [-0.05, 0) is 61.6 Å². The maximum atomic E-state index is 12.3. The summed E-state index contributed by atoms with van der Waals surface area (Å²) in [6, 6.07) is 14.4. The molecule has 2 aliphatic rings. The van der Waals surface area contributed by atoms with Gasteiger partial charge < -0.3 is 5.73 Å². The highest BCUT2D eigenvalue weighted by Gasteiger charge is 2.33. The van der Waals surface area contributed by atoms with Gasteiger partial charge in [0.2, 0.25) is 5.91 Å². The number of hydrogen-bond acceptors (Lipinski definition) is 4. The van der Waals surface area contributed by atoms with Crippen LogP contribution in [0.5, 0.6) is 0 Å². The van der Waals surface area contributed by atoms with E-state index < -0.39 is 15.7 Å². The van der Waals surface area contributed by atoms with Gasteiger partial charge >= 0.3 is 0 Å². The molecular weight excluding hydrogens is 398 g/mol. The molecule has 2 saturated carbocycles. The third-order valence-electron chi connectivity index (χ3n) is 5.84. The summed E-state index contributed by atoms with van der Waals surface area (Å²) in [5.41, 5.74) is 10.1. The number of nitrogens with two attached hydrogens (primary N) is 1. The molecule has 30 heavy (non-hydrogen) atoms. The second-order valence-electron chi connectivity index (χ2n) is 8.32. The third kappa shape index (κ3) is 3.43. The first-order valence-corrected chi connectivity index (χ1v) is 12.1. The van der Waals surface area contributed by atoms with Crippen molar-refractivity contribution in [2.24, 2.45) is 5.73 Å². The van der Waals surface area contributed by atoms with E-state index in [0.717, 1.165) is 11.9 Å². The van der Waals surface area contributed by atoms with Crippen LogP contribution in [0.25, 0.3) is 16.8 Å². The Hall–Kier alpha value is -2.93. The number of rotatable bonds is 6. The van der Waals surface area contributed by atoms with Crippen LogP contribution in [0.3, 0.4) is 0 Å². The van der Waals surface area contributed by atoms with E-state index >= 15 is 0 Å². The summed E-state index contributed by atoms with van der Waals surface area (Å²) in [5.74, 6) is 0.497. The van der Waals surface area contributed by atoms with Crippen molar-refractivity contribution in [3.63, 3.8) is 0 Å². The molecule has 5 rings (SSSR count). The molecule has 154 valence electrons. The lowest BCUT2D eigenvalue weighted by molar-refractivity contribution is 0.100. The van der Waals surface area contributed by atoms with E-state index in [1.165, 1.54) is 43.1 Å². The second kappa shape index (κ2) is 6.80. The Labute approximate surface area is 175 Å². The van der Waals surface area contributed by atoms with Crippen molar-refractivity contribution in [2.75, 3.05) is 6.26 Å². The Bertz CT molecular complexity index is 1250. The van der Waals surface area contributed by atoms with Crippen molar-refractivity contribution >= 4 is 15.7 Å². The number of hydrogen-bond donors (Lipinski definition) is 1. The van der Waals surface area contributed by atoms with Crippen molar-refractivity contribution in [1.82, 2.24) is 9.78 Å². The van der Waals surface area contributed by atoms with Gasteiger partial charge in [-0.2, -0.15) is 5.10 Å². The average molecular weight is 422 g/mol. The predicted molar refractivity (Wildman–Crippen MR) is 115 cm³/mol. The molecule has 1 aromatic heterocycles. The summed E-state index contributed by atoms with van der Waals surface area (Å²) in [6.07, 6.45) is 5.93. The van der Waals surface area contributed by atoms with E-state index in [0.29, 0.717) is 23.0 Å². The molecular formula is C23H23N3O3S. The molecule has 2 N–H and O–H groups in total. The van der Waals surface area contributed by atoms with Crippen LogP contribution < -0.4 is 5.73 Å². The lowest BCUT2D eigenvalue weighted by atomic mass is 9.99. The fourth-order valence-electron chi connectivity index (χ4n) is 3.98. The minimum atomic E-state index is -3.53. The van der Waals surface area contributed by atoms with Crippen molar-refractivity contribution < 1.29 is 13.2 Å². The van der Waals surface area contributed by atoms with Gasteiger partial charge in [0.25, 0.3) is 0 Å². The summed E-state index contributed by atoms with van der Waals surface area (Å²) in [6.45, 7) is 0. The van der Waals surface area contributed by atoms with Gasteiger partial charge in [-0.15, -0.1) is 0 Å². The molecule has 0 aliphatic heterocycles. The average Bonchev–Trinajstić information content (AvgIpc) is 3.65. The van der Waals surface area contributed by atoms with Gasteiger partial charge in [0.05, 0.1) is 16.3 Å². The number of nitrogens with zero attached hydrogens (tertiary/aromatic N) is 2. The lowest BCUT2D eigenvalue weighted by Gasteiger charge is -2.13. The molecule has 0 unspecified atom stereocenters. The molecule has 1 heterocycles. The Morgan fingerprint density at radius 3 is 2.27 bits per heavy atom. The number of aromatic nitrogens is 2. The number of amides is 1. The zero-order valence-electron chi connectivity index (χ0n) is 16.7. The topological polar surface area (TPSA) is 95.0 Å². The number of carbonyl (C=O) groups is 1. The maximum Gasteiger partial charge on any atom is 0.249 e. The minimum absolute atomic E-state index is 0.0975. The highest BCUT2D eigenvalue weighted by Crippen LogP contribution is 2.45. The Morgan fingerprint density at radius 1 is 1.03 bits per heavy atom. The fraction of sp³-hybridized carbons (Fsp3) is 0.304. The monoisotopic (exact) mass is 421 g/mol. The van der Waals surface area contributed by atoms with Gasteiger partial charge in [0.1, 0.15) is 0 Å². The van der Waals surface area contributed by atoms with Crippen LogP contribution in [0.1, 0.15) is 59.3 Å². The Morgan fingerprint density at radius 2 is 1.70 bits per heavy atom. The molecule has 3 aromatic rings. The van der Waals surface area contributed by atoms with Crippen LogP contribution in [-0.2, 0) is 9.84 Å². The third-order valence-corrected chi connectivity index (χ3v) is 6.98. The molecule has 2 aromatic carbocycles. The summed E-state index contributed by atoms with van der Waals surface area (Å²) >= 11 is 0. The molecule has 7 heteroatoms. The standard InChI is InChI=1S/C23H23N3O3S/c1-30(28,29)21-4-2-3-18(23(24)27)22(21)16-9-11-17(12-10-16)26-20(15-7-8-15)13-19(25-26)14-5-6-14/h2-4,9-15H,5-8H2,1H3,(H2,24,27). The minimum Gasteiger partial charge on any atom is -0.366 e. The van der Waals surface area contributed by atoms with Crippen molar-refractivity contribution in [2.45, 2.75) is 42.4 Å². The largest absolute Gasteiger partial charge is 0.366 e. The van der Waals surface area contributed by atoms with Crippen LogP contribution >= 0.6 is 0 Å². The number of benzene rings is 2.